The number of pyridine rings is 1. The van der Waals surface area contributed by atoms with E-state index in [2.05, 4.69) is 49.1 Å². The van der Waals surface area contributed by atoms with Gasteiger partial charge in [0.25, 0.3) is 0 Å². The van der Waals surface area contributed by atoms with Gasteiger partial charge in [-0.2, -0.15) is 11.3 Å². The third kappa shape index (κ3) is 3.37. The van der Waals surface area contributed by atoms with E-state index >= 15 is 0 Å². The smallest absolute Gasteiger partial charge is 0.0340 e. The Hall–Kier alpha value is -0.710. The summed E-state index contributed by atoms with van der Waals surface area (Å²) in [7, 11) is 2.02. The van der Waals surface area contributed by atoms with Gasteiger partial charge in [-0.1, -0.05) is 0 Å². The van der Waals surface area contributed by atoms with Gasteiger partial charge in [-0.3, -0.25) is 4.98 Å². The molecule has 0 spiro atoms. The molecule has 2 nitrogen and oxygen atoms in total. The van der Waals surface area contributed by atoms with Crippen molar-refractivity contribution in [1.29, 1.82) is 0 Å². The van der Waals surface area contributed by atoms with E-state index in [4.69, 9.17) is 0 Å². The predicted molar refractivity (Wildman–Crippen MR) is 76.4 cm³/mol. The van der Waals surface area contributed by atoms with Crippen LogP contribution in [-0.2, 0) is 6.42 Å². The third-order valence-corrected chi connectivity index (χ3v) is 4.59. The van der Waals surface area contributed by atoms with Gasteiger partial charge in [-0.05, 0) is 64.5 Å². The molecule has 0 radical (unpaired) electrons. The van der Waals surface area contributed by atoms with Crippen LogP contribution in [0.5, 0.6) is 0 Å². The molecule has 0 saturated heterocycles. The van der Waals surface area contributed by atoms with Crippen LogP contribution in [0.15, 0.2) is 39.8 Å². The first kappa shape index (κ1) is 12.7. The van der Waals surface area contributed by atoms with Gasteiger partial charge in [-0.25, -0.2) is 0 Å². The van der Waals surface area contributed by atoms with Gasteiger partial charge in [0, 0.05) is 28.3 Å². The van der Waals surface area contributed by atoms with Crippen LogP contribution in [0.1, 0.15) is 23.6 Å². The van der Waals surface area contributed by atoms with Crippen molar-refractivity contribution in [2.24, 2.45) is 0 Å². The molecule has 17 heavy (non-hydrogen) atoms. The summed E-state index contributed by atoms with van der Waals surface area (Å²) in [5.74, 6) is 0. The Morgan fingerprint density at radius 1 is 1.35 bits per heavy atom. The molecule has 0 bridgehead atoms. The lowest BCUT2D eigenvalue weighted by molar-refractivity contribution is 0.549. The van der Waals surface area contributed by atoms with E-state index in [1.165, 1.54) is 15.6 Å². The van der Waals surface area contributed by atoms with Gasteiger partial charge in [0.05, 0.1) is 0 Å². The highest BCUT2D eigenvalue weighted by atomic mass is 79.9. The number of aryl methyl sites for hydroxylation is 1. The minimum absolute atomic E-state index is 0.406. The van der Waals surface area contributed by atoms with E-state index in [1.54, 1.807) is 11.3 Å². The van der Waals surface area contributed by atoms with Crippen molar-refractivity contribution in [2.45, 2.75) is 18.9 Å². The topological polar surface area (TPSA) is 24.9 Å². The number of nitrogens with one attached hydrogen (secondary N) is 1. The van der Waals surface area contributed by atoms with E-state index in [9.17, 15) is 0 Å². The summed E-state index contributed by atoms with van der Waals surface area (Å²) in [6.07, 6.45) is 5.86. The minimum atomic E-state index is 0.406. The summed E-state index contributed by atoms with van der Waals surface area (Å²) in [5.41, 5.74) is 2.69. The molecule has 0 aromatic carbocycles. The molecule has 2 aromatic heterocycles. The number of aromatic nitrogens is 1. The van der Waals surface area contributed by atoms with Gasteiger partial charge >= 0.3 is 0 Å². The average Bonchev–Trinajstić information content (AvgIpc) is 2.78. The molecular weight excluding hydrogens is 296 g/mol. The number of hydrogen-bond acceptors (Lipinski definition) is 3. The van der Waals surface area contributed by atoms with Crippen LogP contribution in [0.25, 0.3) is 0 Å². The Morgan fingerprint density at radius 2 is 2.12 bits per heavy atom. The van der Waals surface area contributed by atoms with Crippen LogP contribution >= 0.6 is 27.3 Å². The molecule has 90 valence electrons. The first-order valence-electron chi connectivity index (χ1n) is 5.59. The summed E-state index contributed by atoms with van der Waals surface area (Å²) in [6, 6.07) is 4.56. The molecule has 0 aliphatic carbocycles. The second kappa shape index (κ2) is 6.28. The summed E-state index contributed by atoms with van der Waals surface area (Å²) in [5, 5.41) is 7.71. The highest BCUT2D eigenvalue weighted by molar-refractivity contribution is 9.10. The maximum Gasteiger partial charge on any atom is 0.0340 e. The van der Waals surface area contributed by atoms with Gasteiger partial charge in [0.2, 0.25) is 0 Å². The molecule has 0 aliphatic rings. The average molecular weight is 311 g/mol. The third-order valence-electron chi connectivity index (χ3n) is 2.84. The maximum absolute atomic E-state index is 4.04. The van der Waals surface area contributed by atoms with Crippen LogP contribution in [-0.4, -0.2) is 12.0 Å². The lowest BCUT2D eigenvalue weighted by Gasteiger charge is -2.15. The Morgan fingerprint density at radius 3 is 2.71 bits per heavy atom. The van der Waals surface area contributed by atoms with Crippen molar-refractivity contribution < 1.29 is 0 Å². The van der Waals surface area contributed by atoms with E-state index in [0.29, 0.717) is 6.04 Å². The number of rotatable bonds is 5. The van der Waals surface area contributed by atoms with Crippen LogP contribution in [0.2, 0.25) is 0 Å². The minimum Gasteiger partial charge on any atom is -0.313 e. The highest BCUT2D eigenvalue weighted by Gasteiger charge is 2.13. The van der Waals surface area contributed by atoms with Crippen molar-refractivity contribution in [3.05, 3.63) is 50.9 Å². The van der Waals surface area contributed by atoms with E-state index in [0.717, 1.165) is 12.8 Å². The number of hydrogen-bond donors (Lipinski definition) is 1. The molecule has 2 aromatic rings. The normalized spacial score (nSPS) is 12.6. The van der Waals surface area contributed by atoms with Gasteiger partial charge in [-0.15, -0.1) is 0 Å². The van der Waals surface area contributed by atoms with Crippen LogP contribution < -0.4 is 5.32 Å². The molecule has 2 heterocycles. The Balaban J connectivity index is 2.00. The van der Waals surface area contributed by atoms with E-state index in [-0.39, 0.29) is 0 Å². The zero-order valence-corrected chi connectivity index (χ0v) is 12.1. The summed E-state index contributed by atoms with van der Waals surface area (Å²) < 4.78 is 1.21. The standard InChI is InChI=1S/C13H15BrN2S/c1-15-13(11-8-17-9-12(11)14)3-2-10-4-6-16-7-5-10/h4-9,13,15H,2-3H2,1H3. The number of halogens is 1. The van der Waals surface area contributed by atoms with Crippen LogP contribution in [0, 0.1) is 0 Å². The highest BCUT2D eigenvalue weighted by Crippen LogP contribution is 2.29. The lowest BCUT2D eigenvalue weighted by Crippen LogP contribution is -2.16. The largest absolute Gasteiger partial charge is 0.313 e. The molecule has 1 N–H and O–H groups in total. The SMILES string of the molecule is CNC(CCc1ccncc1)c1cscc1Br. The number of thiophene rings is 1. The zero-order chi connectivity index (χ0) is 12.1. The molecule has 4 heteroatoms. The number of nitrogens with zero attached hydrogens (tertiary/aromatic N) is 1. The Kier molecular flexibility index (Phi) is 4.71. The fourth-order valence-electron chi connectivity index (χ4n) is 1.86. The molecule has 0 amide bonds. The maximum atomic E-state index is 4.04. The summed E-state index contributed by atoms with van der Waals surface area (Å²) in [6.45, 7) is 0. The Labute approximate surface area is 114 Å². The molecule has 0 aliphatic heterocycles. The first-order valence-corrected chi connectivity index (χ1v) is 7.32. The van der Waals surface area contributed by atoms with E-state index < -0.39 is 0 Å². The molecule has 0 saturated carbocycles. The summed E-state index contributed by atoms with van der Waals surface area (Å²) in [4.78, 5) is 4.04. The van der Waals surface area contributed by atoms with Gasteiger partial charge < -0.3 is 5.32 Å². The zero-order valence-electron chi connectivity index (χ0n) is 9.69. The monoisotopic (exact) mass is 310 g/mol. The second-order valence-corrected chi connectivity index (χ2v) is 5.51. The quantitative estimate of drug-likeness (QED) is 0.908. The predicted octanol–water partition coefficient (Wildman–Crippen LogP) is 3.80. The lowest BCUT2D eigenvalue weighted by atomic mass is 10.0. The molecule has 2 rings (SSSR count). The molecule has 1 unspecified atom stereocenters. The van der Waals surface area contributed by atoms with Crippen molar-refractivity contribution >= 4 is 27.3 Å². The van der Waals surface area contributed by atoms with Gasteiger partial charge in [0.15, 0.2) is 0 Å². The van der Waals surface area contributed by atoms with Gasteiger partial charge in [0.1, 0.15) is 0 Å². The Bertz CT molecular complexity index is 455. The first-order chi connectivity index (χ1) is 8.31. The molecular formula is C13H15BrN2S. The van der Waals surface area contributed by atoms with E-state index in [1.807, 2.05) is 19.4 Å². The van der Waals surface area contributed by atoms with Crippen LogP contribution in [0.4, 0.5) is 0 Å². The van der Waals surface area contributed by atoms with Crippen molar-refractivity contribution in [3.63, 3.8) is 0 Å². The van der Waals surface area contributed by atoms with Crippen LogP contribution in [0.3, 0.4) is 0 Å². The summed E-state index contributed by atoms with van der Waals surface area (Å²) >= 11 is 5.33. The second-order valence-electron chi connectivity index (χ2n) is 3.91. The fraction of sp³-hybridized carbons (Fsp3) is 0.308. The van der Waals surface area contributed by atoms with Crippen molar-refractivity contribution in [1.82, 2.24) is 10.3 Å². The molecule has 0 fully saturated rings. The van der Waals surface area contributed by atoms with Crippen molar-refractivity contribution in [3.8, 4) is 0 Å². The fourth-order valence-corrected chi connectivity index (χ4v) is 3.48. The van der Waals surface area contributed by atoms with Crippen molar-refractivity contribution in [2.75, 3.05) is 7.05 Å². The molecule has 1 atom stereocenters.